The summed E-state index contributed by atoms with van der Waals surface area (Å²) in [7, 11) is 1.23. The van der Waals surface area contributed by atoms with E-state index in [1.54, 1.807) is 25.1 Å². The zero-order chi connectivity index (χ0) is 18.2. The number of ether oxygens (including phenoxy) is 1. The van der Waals surface area contributed by atoms with Gasteiger partial charge in [-0.25, -0.2) is 4.79 Å². The number of benzene rings is 2. The summed E-state index contributed by atoms with van der Waals surface area (Å²) in [6.45, 7) is 2.17. The lowest BCUT2D eigenvalue weighted by Crippen LogP contribution is -2.26. The summed E-state index contributed by atoms with van der Waals surface area (Å²) in [5.41, 5.74) is 4.55. The number of nitrogens with one attached hydrogen (secondary N) is 1. The SMILES string of the molecule is COC(=O)NOc1cc(C(C)=NOCc2ccccc2I)ccc1Cl. The van der Waals surface area contributed by atoms with Crippen molar-refractivity contribution in [1.82, 2.24) is 5.48 Å². The van der Waals surface area contributed by atoms with Crippen molar-refractivity contribution in [3.63, 3.8) is 0 Å². The van der Waals surface area contributed by atoms with E-state index in [0.717, 1.165) is 14.7 Å². The second-order valence-electron chi connectivity index (χ2n) is 4.88. The first-order valence-electron chi connectivity index (χ1n) is 7.22. The van der Waals surface area contributed by atoms with Crippen molar-refractivity contribution in [2.24, 2.45) is 5.16 Å². The fourth-order valence-electron chi connectivity index (χ4n) is 1.81. The highest BCUT2D eigenvalue weighted by molar-refractivity contribution is 14.1. The lowest BCUT2D eigenvalue weighted by atomic mass is 10.1. The molecule has 0 bridgehead atoms. The lowest BCUT2D eigenvalue weighted by molar-refractivity contribution is 0.118. The average Bonchev–Trinajstić information content (AvgIpc) is 2.62. The molecule has 0 saturated heterocycles. The maximum absolute atomic E-state index is 11.1. The second kappa shape index (κ2) is 9.47. The molecule has 0 aliphatic rings. The van der Waals surface area contributed by atoms with E-state index in [1.165, 1.54) is 7.11 Å². The molecule has 132 valence electrons. The van der Waals surface area contributed by atoms with Gasteiger partial charge in [0.1, 0.15) is 6.61 Å². The number of nitrogens with zero attached hydrogens (tertiary/aromatic N) is 1. The molecular weight excluding hydrogens is 459 g/mol. The molecule has 1 N–H and O–H groups in total. The molecule has 0 aliphatic carbocycles. The van der Waals surface area contributed by atoms with Crippen molar-refractivity contribution in [2.75, 3.05) is 7.11 Å². The standard InChI is InChI=1S/C17H16ClIN2O4/c1-11(20-24-10-13-5-3-4-6-15(13)19)12-7-8-14(18)16(9-12)25-21-17(22)23-2/h3-9H,10H2,1-2H3,(H,21,22). The quantitative estimate of drug-likeness (QED) is 0.379. The highest BCUT2D eigenvalue weighted by Crippen LogP contribution is 2.25. The summed E-state index contributed by atoms with van der Waals surface area (Å²) >= 11 is 8.29. The Morgan fingerprint density at radius 2 is 2.04 bits per heavy atom. The maximum Gasteiger partial charge on any atom is 0.440 e. The topological polar surface area (TPSA) is 69.2 Å². The van der Waals surface area contributed by atoms with E-state index in [4.69, 9.17) is 21.3 Å². The van der Waals surface area contributed by atoms with Gasteiger partial charge >= 0.3 is 6.09 Å². The zero-order valence-electron chi connectivity index (χ0n) is 13.6. The Bertz CT molecular complexity index is 783. The number of oxime groups is 1. The predicted octanol–water partition coefficient (Wildman–Crippen LogP) is 4.54. The zero-order valence-corrected chi connectivity index (χ0v) is 16.5. The van der Waals surface area contributed by atoms with Gasteiger partial charge in [0.05, 0.1) is 17.8 Å². The van der Waals surface area contributed by atoms with Crippen LogP contribution < -0.4 is 10.3 Å². The number of carbonyl (C=O) groups excluding carboxylic acids is 1. The molecule has 0 heterocycles. The summed E-state index contributed by atoms with van der Waals surface area (Å²) in [6, 6.07) is 13.0. The van der Waals surface area contributed by atoms with Crippen LogP contribution in [0.4, 0.5) is 4.79 Å². The molecule has 6 nitrogen and oxygen atoms in total. The number of carbonyl (C=O) groups is 1. The van der Waals surface area contributed by atoms with Gasteiger partial charge in [0, 0.05) is 14.7 Å². The van der Waals surface area contributed by atoms with E-state index in [0.29, 0.717) is 17.3 Å². The first kappa shape index (κ1) is 19.3. The number of rotatable bonds is 6. The second-order valence-corrected chi connectivity index (χ2v) is 6.45. The maximum atomic E-state index is 11.1. The summed E-state index contributed by atoms with van der Waals surface area (Å²) in [4.78, 5) is 21.6. The minimum absolute atomic E-state index is 0.275. The molecule has 0 radical (unpaired) electrons. The number of hydrogen-bond acceptors (Lipinski definition) is 5. The highest BCUT2D eigenvalue weighted by Gasteiger charge is 2.08. The lowest BCUT2D eigenvalue weighted by Gasteiger charge is -2.09. The fourth-order valence-corrected chi connectivity index (χ4v) is 2.51. The third kappa shape index (κ3) is 5.79. The van der Waals surface area contributed by atoms with E-state index in [2.05, 4.69) is 38.0 Å². The molecule has 8 heteroatoms. The van der Waals surface area contributed by atoms with Gasteiger partial charge in [-0.15, -0.1) is 0 Å². The summed E-state index contributed by atoms with van der Waals surface area (Å²) in [6.07, 6.45) is -0.729. The van der Waals surface area contributed by atoms with Crippen molar-refractivity contribution in [2.45, 2.75) is 13.5 Å². The van der Waals surface area contributed by atoms with E-state index < -0.39 is 6.09 Å². The monoisotopic (exact) mass is 474 g/mol. The first-order valence-corrected chi connectivity index (χ1v) is 8.67. The van der Waals surface area contributed by atoms with Gasteiger partial charge in [-0.2, -0.15) is 5.48 Å². The number of amides is 1. The molecule has 0 fully saturated rings. The summed E-state index contributed by atoms with van der Waals surface area (Å²) in [5, 5.41) is 4.46. The van der Waals surface area contributed by atoms with Crippen molar-refractivity contribution >= 4 is 46.0 Å². The van der Waals surface area contributed by atoms with Crippen LogP contribution in [0.3, 0.4) is 0 Å². The highest BCUT2D eigenvalue weighted by atomic mass is 127. The van der Waals surface area contributed by atoms with E-state index >= 15 is 0 Å². The van der Waals surface area contributed by atoms with Crippen LogP contribution in [0.2, 0.25) is 5.02 Å². The summed E-state index contributed by atoms with van der Waals surface area (Å²) < 4.78 is 5.55. The molecule has 0 saturated carbocycles. The molecule has 0 spiro atoms. The van der Waals surface area contributed by atoms with Crippen molar-refractivity contribution < 1.29 is 19.2 Å². The van der Waals surface area contributed by atoms with Gasteiger partial charge in [-0.1, -0.05) is 41.0 Å². The number of halogens is 2. The Labute approximate surface area is 164 Å². The third-order valence-corrected chi connectivity index (χ3v) is 4.52. The molecule has 0 atom stereocenters. The molecule has 2 aromatic rings. The Kier molecular flexibility index (Phi) is 7.32. The van der Waals surface area contributed by atoms with Crippen LogP contribution >= 0.6 is 34.2 Å². The van der Waals surface area contributed by atoms with Crippen LogP contribution in [0.5, 0.6) is 5.75 Å². The third-order valence-electron chi connectivity index (χ3n) is 3.16. The predicted molar refractivity (Wildman–Crippen MR) is 104 cm³/mol. The van der Waals surface area contributed by atoms with Gasteiger partial charge in [0.25, 0.3) is 0 Å². The van der Waals surface area contributed by atoms with Gasteiger partial charge in [-0.3, -0.25) is 0 Å². The van der Waals surface area contributed by atoms with Gasteiger partial charge in [-0.05, 0) is 47.7 Å². The van der Waals surface area contributed by atoms with E-state index in [1.807, 2.05) is 24.3 Å². The van der Waals surface area contributed by atoms with Crippen LogP contribution in [-0.4, -0.2) is 18.9 Å². The largest absolute Gasteiger partial charge is 0.451 e. The number of hydrogen-bond donors (Lipinski definition) is 1. The Morgan fingerprint density at radius 1 is 1.28 bits per heavy atom. The van der Waals surface area contributed by atoms with Crippen LogP contribution in [0.15, 0.2) is 47.6 Å². The van der Waals surface area contributed by atoms with Crippen molar-refractivity contribution in [3.05, 3.63) is 62.2 Å². The Balaban J connectivity index is 2.04. The molecule has 0 aromatic heterocycles. The fraction of sp³-hybridized carbons (Fsp3) is 0.176. The van der Waals surface area contributed by atoms with Crippen molar-refractivity contribution in [1.29, 1.82) is 0 Å². The first-order chi connectivity index (χ1) is 12.0. The molecule has 0 aliphatic heterocycles. The molecular formula is C17H16ClIN2O4. The normalized spacial score (nSPS) is 11.0. The number of methoxy groups -OCH3 is 1. The molecule has 2 aromatic carbocycles. The minimum atomic E-state index is -0.729. The summed E-state index contributed by atoms with van der Waals surface area (Å²) in [5.74, 6) is 0.275. The van der Waals surface area contributed by atoms with Gasteiger partial charge in [0.15, 0.2) is 5.75 Å². The molecule has 0 unspecified atom stereocenters. The Morgan fingerprint density at radius 3 is 2.76 bits per heavy atom. The van der Waals surface area contributed by atoms with E-state index in [-0.39, 0.29) is 5.75 Å². The molecule has 2 rings (SSSR count). The van der Waals surface area contributed by atoms with E-state index in [9.17, 15) is 4.79 Å². The van der Waals surface area contributed by atoms with Crippen LogP contribution in [0.25, 0.3) is 0 Å². The van der Waals surface area contributed by atoms with Crippen LogP contribution in [-0.2, 0) is 16.2 Å². The van der Waals surface area contributed by atoms with Crippen molar-refractivity contribution in [3.8, 4) is 5.75 Å². The van der Waals surface area contributed by atoms with Crippen LogP contribution in [0, 0.1) is 3.57 Å². The molecule has 1 amide bonds. The smallest absolute Gasteiger partial charge is 0.440 e. The Hall–Kier alpha value is -2.00. The number of hydroxylamine groups is 1. The average molecular weight is 475 g/mol. The van der Waals surface area contributed by atoms with Gasteiger partial charge < -0.3 is 14.4 Å². The van der Waals surface area contributed by atoms with Gasteiger partial charge in [0.2, 0.25) is 0 Å². The van der Waals surface area contributed by atoms with Crippen LogP contribution in [0.1, 0.15) is 18.1 Å². The molecule has 25 heavy (non-hydrogen) atoms. The minimum Gasteiger partial charge on any atom is -0.451 e.